The summed E-state index contributed by atoms with van der Waals surface area (Å²) in [5, 5.41) is 6.20. The normalized spacial score (nSPS) is 17.4. The first kappa shape index (κ1) is 10.1. The number of halogens is 1. The van der Waals surface area contributed by atoms with E-state index in [4.69, 9.17) is 11.6 Å². The lowest BCUT2D eigenvalue weighted by atomic mass is 10.2. The highest BCUT2D eigenvalue weighted by Crippen LogP contribution is 2.33. The Hall–Kier alpha value is -1.09. The van der Waals surface area contributed by atoms with Gasteiger partial charge in [0.05, 0.1) is 22.6 Å². The highest BCUT2D eigenvalue weighted by molar-refractivity contribution is 6.34. The number of fused-ring (bicyclic) bond motifs is 1. The molecule has 0 aliphatic heterocycles. The number of hydrogen-bond acceptors (Lipinski definition) is 2. The van der Waals surface area contributed by atoms with E-state index in [1.165, 1.54) is 25.7 Å². The highest BCUT2D eigenvalue weighted by atomic mass is 35.5. The van der Waals surface area contributed by atoms with Gasteiger partial charge in [0.25, 0.3) is 0 Å². The van der Waals surface area contributed by atoms with Gasteiger partial charge in [0.2, 0.25) is 0 Å². The van der Waals surface area contributed by atoms with Crippen LogP contribution in [-0.4, -0.2) is 14.8 Å². The summed E-state index contributed by atoms with van der Waals surface area (Å²) in [6, 6.07) is 2.56. The Kier molecular flexibility index (Phi) is 2.36. The van der Waals surface area contributed by atoms with Crippen LogP contribution in [0.25, 0.3) is 10.9 Å². The molecule has 0 radical (unpaired) electrons. The van der Waals surface area contributed by atoms with E-state index < -0.39 is 0 Å². The Balaban J connectivity index is 2.22. The monoisotopic (exact) mass is 235 g/mol. The maximum atomic E-state index is 6.12. The minimum absolute atomic E-state index is 0.551. The molecule has 0 unspecified atom stereocenters. The molecule has 1 aliphatic rings. The summed E-state index contributed by atoms with van der Waals surface area (Å²) in [7, 11) is 0. The van der Waals surface area contributed by atoms with Gasteiger partial charge in [-0.2, -0.15) is 5.10 Å². The number of aryl methyl sites for hydroxylation is 1. The first-order chi connectivity index (χ1) is 7.77. The van der Waals surface area contributed by atoms with Crippen LogP contribution in [0, 0.1) is 6.92 Å². The second-order valence-corrected chi connectivity index (χ2v) is 4.82. The predicted molar refractivity (Wildman–Crippen MR) is 64.8 cm³/mol. The molecule has 1 saturated carbocycles. The maximum Gasteiger partial charge on any atom is 0.140 e. The van der Waals surface area contributed by atoms with Gasteiger partial charge in [-0.05, 0) is 25.8 Å². The molecule has 1 fully saturated rings. The molecule has 1 aliphatic carbocycles. The zero-order chi connectivity index (χ0) is 11.1. The third-order valence-electron chi connectivity index (χ3n) is 3.42. The zero-order valence-corrected chi connectivity index (χ0v) is 10.0. The Bertz CT molecular complexity index is 526. The molecule has 2 aromatic heterocycles. The van der Waals surface area contributed by atoms with Crippen molar-refractivity contribution >= 4 is 22.5 Å². The SMILES string of the molecule is Cc1nn(C2CCCC2)c2ccnc(Cl)c12. The van der Waals surface area contributed by atoms with Gasteiger partial charge < -0.3 is 0 Å². The van der Waals surface area contributed by atoms with Gasteiger partial charge >= 0.3 is 0 Å². The summed E-state index contributed by atoms with van der Waals surface area (Å²) >= 11 is 6.12. The zero-order valence-electron chi connectivity index (χ0n) is 9.28. The second kappa shape index (κ2) is 3.74. The van der Waals surface area contributed by atoms with Crippen molar-refractivity contribution in [1.29, 1.82) is 0 Å². The molecule has 0 amide bonds. The van der Waals surface area contributed by atoms with Gasteiger partial charge in [0.1, 0.15) is 5.15 Å². The van der Waals surface area contributed by atoms with Gasteiger partial charge in [-0.1, -0.05) is 24.4 Å². The fraction of sp³-hybridized carbons (Fsp3) is 0.500. The molecule has 4 heteroatoms. The molecule has 2 aromatic rings. The molecule has 0 atom stereocenters. The number of hydrogen-bond donors (Lipinski definition) is 0. The van der Waals surface area contributed by atoms with Crippen molar-refractivity contribution in [2.24, 2.45) is 0 Å². The number of nitrogens with zero attached hydrogens (tertiary/aromatic N) is 3. The lowest BCUT2D eigenvalue weighted by molar-refractivity contribution is 0.479. The van der Waals surface area contributed by atoms with E-state index >= 15 is 0 Å². The van der Waals surface area contributed by atoms with E-state index in [0.717, 1.165) is 16.6 Å². The molecule has 0 bridgehead atoms. The molecule has 0 aromatic carbocycles. The lowest BCUT2D eigenvalue weighted by Crippen LogP contribution is -2.06. The highest BCUT2D eigenvalue weighted by Gasteiger charge is 2.21. The van der Waals surface area contributed by atoms with E-state index in [-0.39, 0.29) is 0 Å². The summed E-state index contributed by atoms with van der Waals surface area (Å²) < 4.78 is 2.14. The average molecular weight is 236 g/mol. The third-order valence-corrected chi connectivity index (χ3v) is 3.71. The van der Waals surface area contributed by atoms with Gasteiger partial charge in [0, 0.05) is 6.20 Å². The van der Waals surface area contributed by atoms with E-state index in [1.54, 1.807) is 6.20 Å². The van der Waals surface area contributed by atoms with E-state index in [1.807, 2.05) is 13.0 Å². The fourth-order valence-electron chi connectivity index (χ4n) is 2.65. The molecular weight excluding hydrogens is 222 g/mol. The van der Waals surface area contributed by atoms with Crippen molar-refractivity contribution in [2.75, 3.05) is 0 Å². The minimum atomic E-state index is 0.551. The Morgan fingerprint density at radius 3 is 2.88 bits per heavy atom. The van der Waals surface area contributed by atoms with Gasteiger partial charge in [-0.25, -0.2) is 4.98 Å². The first-order valence-electron chi connectivity index (χ1n) is 5.76. The standard InChI is InChI=1S/C12H14ClN3/c1-8-11-10(6-7-14-12(11)13)16(15-8)9-4-2-3-5-9/h6-7,9H,2-5H2,1H3. The molecular formula is C12H14ClN3. The lowest BCUT2D eigenvalue weighted by Gasteiger charge is -2.10. The molecule has 3 nitrogen and oxygen atoms in total. The quantitative estimate of drug-likeness (QED) is 0.709. The number of pyridine rings is 1. The van der Waals surface area contributed by atoms with Crippen LogP contribution in [0.1, 0.15) is 37.4 Å². The predicted octanol–water partition coefficient (Wildman–Crippen LogP) is 3.51. The maximum absolute atomic E-state index is 6.12. The summed E-state index contributed by atoms with van der Waals surface area (Å²) in [6.45, 7) is 2.00. The van der Waals surface area contributed by atoms with Crippen molar-refractivity contribution in [3.63, 3.8) is 0 Å². The average Bonchev–Trinajstić information content (AvgIpc) is 2.86. The van der Waals surface area contributed by atoms with Crippen molar-refractivity contribution in [3.8, 4) is 0 Å². The van der Waals surface area contributed by atoms with Crippen LogP contribution in [0.3, 0.4) is 0 Å². The van der Waals surface area contributed by atoms with E-state index in [2.05, 4.69) is 14.8 Å². The largest absolute Gasteiger partial charge is 0.261 e. The summed E-state index contributed by atoms with van der Waals surface area (Å²) in [5.74, 6) is 0. The third kappa shape index (κ3) is 1.42. The summed E-state index contributed by atoms with van der Waals surface area (Å²) in [5.41, 5.74) is 2.12. The van der Waals surface area contributed by atoms with Crippen LogP contribution in [-0.2, 0) is 0 Å². The molecule has 16 heavy (non-hydrogen) atoms. The van der Waals surface area contributed by atoms with Gasteiger partial charge in [-0.15, -0.1) is 0 Å². The van der Waals surface area contributed by atoms with Crippen molar-refractivity contribution in [3.05, 3.63) is 23.1 Å². The van der Waals surface area contributed by atoms with Crippen molar-refractivity contribution < 1.29 is 0 Å². The van der Waals surface area contributed by atoms with Crippen LogP contribution >= 0.6 is 11.6 Å². The first-order valence-corrected chi connectivity index (χ1v) is 6.14. The van der Waals surface area contributed by atoms with Crippen molar-refractivity contribution in [2.45, 2.75) is 38.6 Å². The number of rotatable bonds is 1. The Labute approximate surface area is 99.4 Å². The Morgan fingerprint density at radius 2 is 2.12 bits per heavy atom. The van der Waals surface area contributed by atoms with Crippen LogP contribution < -0.4 is 0 Å². The van der Waals surface area contributed by atoms with Crippen LogP contribution in [0.5, 0.6) is 0 Å². The summed E-state index contributed by atoms with van der Waals surface area (Å²) in [4.78, 5) is 4.12. The molecule has 0 saturated heterocycles. The topological polar surface area (TPSA) is 30.7 Å². The van der Waals surface area contributed by atoms with Gasteiger partial charge in [0.15, 0.2) is 0 Å². The van der Waals surface area contributed by atoms with Crippen LogP contribution in [0.2, 0.25) is 5.15 Å². The smallest absolute Gasteiger partial charge is 0.140 e. The molecule has 84 valence electrons. The van der Waals surface area contributed by atoms with Gasteiger partial charge in [-0.3, -0.25) is 4.68 Å². The molecule has 0 spiro atoms. The van der Waals surface area contributed by atoms with Crippen molar-refractivity contribution in [1.82, 2.24) is 14.8 Å². The van der Waals surface area contributed by atoms with Crippen LogP contribution in [0.4, 0.5) is 0 Å². The van der Waals surface area contributed by atoms with Crippen LogP contribution in [0.15, 0.2) is 12.3 Å². The molecule has 2 heterocycles. The number of aromatic nitrogens is 3. The van der Waals surface area contributed by atoms with E-state index in [0.29, 0.717) is 11.2 Å². The molecule has 3 rings (SSSR count). The molecule has 0 N–H and O–H groups in total. The minimum Gasteiger partial charge on any atom is -0.261 e. The fourth-order valence-corrected chi connectivity index (χ4v) is 2.93. The summed E-state index contributed by atoms with van der Waals surface area (Å²) in [6.07, 6.45) is 6.84. The second-order valence-electron chi connectivity index (χ2n) is 4.46. The van der Waals surface area contributed by atoms with E-state index in [9.17, 15) is 0 Å². The Morgan fingerprint density at radius 1 is 1.38 bits per heavy atom.